The van der Waals surface area contributed by atoms with Crippen LogP contribution in [0.15, 0.2) is 94.8 Å². The van der Waals surface area contributed by atoms with E-state index in [1.807, 2.05) is 56.3 Å². The molecule has 5 rings (SSSR count). The number of methoxy groups -OCH3 is 1. The molecule has 1 aromatic heterocycles. The number of carbonyl (C=O) groups excluding carboxylic acids is 1. The van der Waals surface area contributed by atoms with Gasteiger partial charge in [-0.15, -0.1) is 0 Å². The Morgan fingerprint density at radius 1 is 0.978 bits per heavy atom. The second-order valence-corrected chi connectivity index (χ2v) is 10.7. The summed E-state index contributed by atoms with van der Waals surface area (Å²) in [5.74, 6) is 1.77. The van der Waals surface area contributed by atoms with Crippen molar-refractivity contribution in [1.29, 1.82) is 0 Å². The molecule has 1 heterocycles. The zero-order valence-electron chi connectivity index (χ0n) is 26.0. The number of hydrogen-bond acceptors (Lipinski definition) is 7. The highest BCUT2D eigenvalue weighted by atomic mass is 16.5. The summed E-state index contributed by atoms with van der Waals surface area (Å²) >= 11 is 0. The minimum Gasteiger partial charge on any atom is -0.494 e. The number of hydrogen-bond donors (Lipinski definition) is 1. The van der Waals surface area contributed by atoms with Crippen molar-refractivity contribution in [1.82, 2.24) is 9.66 Å². The van der Waals surface area contributed by atoms with Gasteiger partial charge >= 0.3 is 0 Å². The van der Waals surface area contributed by atoms with Gasteiger partial charge in [0.05, 0.1) is 30.8 Å². The van der Waals surface area contributed by atoms with Gasteiger partial charge in [0.2, 0.25) is 0 Å². The molecule has 4 aromatic carbocycles. The Labute approximate surface area is 262 Å². The number of nitrogens with one attached hydrogen (secondary N) is 1. The minimum absolute atomic E-state index is 0.172. The van der Waals surface area contributed by atoms with E-state index in [1.165, 1.54) is 18.0 Å². The summed E-state index contributed by atoms with van der Waals surface area (Å²) in [5, 5.41) is 7.90. The van der Waals surface area contributed by atoms with Crippen molar-refractivity contribution >= 4 is 28.7 Å². The van der Waals surface area contributed by atoms with E-state index in [2.05, 4.69) is 24.3 Å². The van der Waals surface area contributed by atoms with E-state index in [1.54, 1.807) is 42.5 Å². The molecule has 0 aliphatic carbocycles. The second-order valence-electron chi connectivity index (χ2n) is 10.7. The number of aryl methyl sites for hydroxylation is 1. The first-order chi connectivity index (χ1) is 21.8. The van der Waals surface area contributed by atoms with Gasteiger partial charge in [0.1, 0.15) is 5.75 Å². The van der Waals surface area contributed by atoms with Crippen LogP contribution in [0.25, 0.3) is 22.3 Å². The van der Waals surface area contributed by atoms with E-state index in [-0.39, 0.29) is 24.0 Å². The molecule has 0 bridgehead atoms. The highest BCUT2D eigenvalue weighted by Gasteiger charge is 2.19. The van der Waals surface area contributed by atoms with Crippen LogP contribution < -0.4 is 25.1 Å². The fourth-order valence-electron chi connectivity index (χ4n) is 5.00. The van der Waals surface area contributed by atoms with Crippen LogP contribution in [0.2, 0.25) is 0 Å². The number of anilines is 1. The quantitative estimate of drug-likeness (QED) is 0.166. The number of ether oxygens (including phenoxy) is 3. The lowest BCUT2D eigenvalue weighted by atomic mass is 9.96. The fraction of sp³-hybridized carbons (Fsp3) is 0.222. The van der Waals surface area contributed by atoms with Crippen molar-refractivity contribution in [3.63, 3.8) is 0 Å². The van der Waals surface area contributed by atoms with Crippen molar-refractivity contribution in [2.75, 3.05) is 25.6 Å². The lowest BCUT2D eigenvalue weighted by Gasteiger charge is -2.18. The Kier molecular flexibility index (Phi) is 9.57. The highest BCUT2D eigenvalue weighted by molar-refractivity contribution is 5.92. The average molecular weight is 605 g/mol. The maximum absolute atomic E-state index is 13.9. The predicted molar refractivity (Wildman–Crippen MR) is 178 cm³/mol. The lowest BCUT2D eigenvalue weighted by Crippen LogP contribution is -2.21. The number of aromatic nitrogens is 2. The third-order valence-electron chi connectivity index (χ3n) is 7.22. The van der Waals surface area contributed by atoms with E-state index in [0.29, 0.717) is 46.1 Å². The van der Waals surface area contributed by atoms with Crippen LogP contribution in [0.4, 0.5) is 5.69 Å². The summed E-state index contributed by atoms with van der Waals surface area (Å²) in [5.41, 5.74) is 4.09. The average Bonchev–Trinajstić information content (AvgIpc) is 3.04. The monoisotopic (exact) mass is 604 g/mol. The zero-order valence-corrected chi connectivity index (χ0v) is 26.0. The van der Waals surface area contributed by atoms with Gasteiger partial charge in [0.15, 0.2) is 23.9 Å². The normalized spacial score (nSPS) is 11.2. The van der Waals surface area contributed by atoms with Gasteiger partial charge in [0.25, 0.3) is 11.5 Å². The van der Waals surface area contributed by atoms with Crippen LogP contribution in [0.5, 0.6) is 17.2 Å². The molecule has 0 aliphatic rings. The fourth-order valence-corrected chi connectivity index (χ4v) is 5.00. The van der Waals surface area contributed by atoms with Gasteiger partial charge in [-0.05, 0) is 79.4 Å². The molecule has 230 valence electrons. The van der Waals surface area contributed by atoms with Gasteiger partial charge in [-0.25, -0.2) is 4.98 Å². The van der Waals surface area contributed by atoms with Crippen molar-refractivity contribution in [2.45, 2.75) is 33.6 Å². The molecule has 9 nitrogen and oxygen atoms in total. The highest BCUT2D eigenvalue weighted by Crippen LogP contribution is 2.35. The van der Waals surface area contributed by atoms with Crippen LogP contribution in [-0.2, 0) is 4.79 Å². The summed E-state index contributed by atoms with van der Waals surface area (Å²) in [6, 6.07) is 25.6. The molecule has 0 saturated carbocycles. The number of nitrogens with zero attached hydrogens (tertiary/aromatic N) is 3. The summed E-state index contributed by atoms with van der Waals surface area (Å²) in [6.45, 7) is 8.40. The minimum atomic E-state index is -0.334. The molecular formula is C36H36N4O5. The molecule has 0 spiro atoms. The number of benzene rings is 4. The van der Waals surface area contributed by atoms with E-state index in [9.17, 15) is 9.59 Å². The molecular weight excluding hydrogens is 568 g/mol. The third kappa shape index (κ3) is 6.88. The topological polar surface area (TPSA) is 104 Å². The molecule has 0 saturated heterocycles. The van der Waals surface area contributed by atoms with Crippen molar-refractivity contribution in [3.05, 3.63) is 112 Å². The van der Waals surface area contributed by atoms with E-state index >= 15 is 0 Å². The molecule has 0 fully saturated rings. The van der Waals surface area contributed by atoms with Crippen molar-refractivity contribution in [3.8, 4) is 28.6 Å². The summed E-state index contributed by atoms with van der Waals surface area (Å²) in [6.07, 6.45) is 1.52. The van der Waals surface area contributed by atoms with Crippen LogP contribution >= 0.6 is 0 Å². The number of fused-ring (bicyclic) bond motifs is 1. The Hall–Kier alpha value is -5.44. The Bertz CT molecular complexity index is 1920. The first-order valence-electron chi connectivity index (χ1n) is 14.8. The maximum atomic E-state index is 13.9. The summed E-state index contributed by atoms with van der Waals surface area (Å²) in [4.78, 5) is 31.5. The van der Waals surface area contributed by atoms with Gasteiger partial charge < -0.3 is 19.5 Å². The number of carbonyl (C=O) groups is 1. The number of rotatable bonds is 11. The Morgan fingerprint density at radius 2 is 1.73 bits per heavy atom. The van der Waals surface area contributed by atoms with Crippen molar-refractivity contribution < 1.29 is 19.0 Å². The van der Waals surface area contributed by atoms with E-state index < -0.39 is 0 Å². The van der Waals surface area contributed by atoms with E-state index in [0.717, 1.165) is 22.4 Å². The lowest BCUT2D eigenvalue weighted by molar-refractivity contribution is -0.118. The van der Waals surface area contributed by atoms with Crippen LogP contribution in [0, 0.1) is 6.92 Å². The second kappa shape index (κ2) is 13.9. The zero-order chi connectivity index (χ0) is 31.9. The van der Waals surface area contributed by atoms with Gasteiger partial charge in [0, 0.05) is 16.8 Å². The first kappa shape index (κ1) is 31.0. The maximum Gasteiger partial charge on any atom is 0.282 e. The molecule has 0 radical (unpaired) electrons. The molecule has 0 aliphatic heterocycles. The number of para-hydroxylation sites is 3. The Morgan fingerprint density at radius 3 is 2.47 bits per heavy atom. The predicted octanol–water partition coefficient (Wildman–Crippen LogP) is 6.80. The molecule has 9 heteroatoms. The Balaban J connectivity index is 1.58. The molecule has 1 amide bonds. The third-order valence-corrected chi connectivity index (χ3v) is 7.22. The smallest absolute Gasteiger partial charge is 0.282 e. The molecule has 0 unspecified atom stereocenters. The van der Waals surface area contributed by atoms with Gasteiger partial charge in [-0.1, -0.05) is 50.2 Å². The van der Waals surface area contributed by atoms with Crippen LogP contribution in [-0.4, -0.2) is 42.1 Å². The summed E-state index contributed by atoms with van der Waals surface area (Å²) in [7, 11) is 1.52. The van der Waals surface area contributed by atoms with Crippen LogP contribution in [0.3, 0.4) is 0 Å². The van der Waals surface area contributed by atoms with Gasteiger partial charge in [-0.3, -0.25) is 9.59 Å². The van der Waals surface area contributed by atoms with Crippen molar-refractivity contribution in [2.24, 2.45) is 5.10 Å². The molecule has 5 aromatic rings. The first-order valence-corrected chi connectivity index (χ1v) is 14.8. The SMILES string of the molecule is CCOc1cc(C)c(-c2nc3ccccc3c(=O)n2N=Cc2cccc(OC)c2OCC(=O)Nc2ccccc2)cc1C(C)C. The molecule has 1 N–H and O–H groups in total. The van der Waals surface area contributed by atoms with Gasteiger partial charge in [-0.2, -0.15) is 9.78 Å². The standard InChI is InChI=1S/C36H36N4O5/c1-6-44-32-19-24(4)29(20-28(32)23(2)3)35-39-30-17-11-10-16-27(30)36(42)40(35)37-21-25-13-12-18-31(43-5)34(25)45-22-33(41)38-26-14-8-7-9-15-26/h7-21,23H,6,22H2,1-5H3,(H,38,41). The van der Waals surface area contributed by atoms with Crippen LogP contribution in [0.1, 0.15) is 43.4 Å². The molecule has 0 atom stereocenters. The van der Waals surface area contributed by atoms with E-state index in [4.69, 9.17) is 19.2 Å². The summed E-state index contributed by atoms with van der Waals surface area (Å²) < 4.78 is 18.7. The number of amides is 1. The largest absolute Gasteiger partial charge is 0.494 e. The molecule has 45 heavy (non-hydrogen) atoms.